The fraction of sp³-hybridized carbons (Fsp3) is 0.562. The molecule has 0 saturated heterocycles. The van der Waals surface area contributed by atoms with Gasteiger partial charge in [0.05, 0.1) is 0 Å². The molecule has 1 aliphatic carbocycles. The molecule has 3 heteroatoms. The Hall–Kier alpha value is -0.830. The van der Waals surface area contributed by atoms with Gasteiger partial charge in [0.25, 0.3) is 0 Å². The number of nitrogens with one attached hydrogen (secondary N) is 1. The molecule has 2 nitrogen and oxygen atoms in total. The van der Waals surface area contributed by atoms with Crippen LogP contribution in [0.3, 0.4) is 0 Å². The molecule has 0 unspecified atom stereocenters. The third-order valence-corrected chi connectivity index (χ3v) is 4.70. The lowest BCUT2D eigenvalue weighted by Crippen LogP contribution is -2.25. The van der Waals surface area contributed by atoms with Crippen LogP contribution in [0.25, 0.3) is 0 Å². The molecule has 0 bridgehead atoms. The maximum atomic E-state index is 11.8. The minimum Gasteiger partial charge on any atom is -0.356 e. The first kappa shape index (κ1) is 14.6. The van der Waals surface area contributed by atoms with Crippen LogP contribution in [0.1, 0.15) is 44.1 Å². The van der Waals surface area contributed by atoms with Gasteiger partial charge in [-0.05, 0) is 30.4 Å². The summed E-state index contributed by atoms with van der Waals surface area (Å²) in [5.41, 5.74) is 1.20. The smallest absolute Gasteiger partial charge is 0.220 e. The Bertz CT molecular complexity index is 413. The van der Waals surface area contributed by atoms with Crippen molar-refractivity contribution in [1.82, 2.24) is 5.32 Å². The van der Waals surface area contributed by atoms with Gasteiger partial charge in [-0.3, -0.25) is 4.79 Å². The van der Waals surface area contributed by atoms with Crippen LogP contribution in [0.2, 0.25) is 0 Å². The van der Waals surface area contributed by atoms with Gasteiger partial charge in [-0.2, -0.15) is 0 Å². The summed E-state index contributed by atoms with van der Waals surface area (Å²) in [5.74, 6) is 1.03. The Morgan fingerprint density at radius 1 is 1.26 bits per heavy atom. The van der Waals surface area contributed by atoms with E-state index in [9.17, 15) is 4.79 Å². The van der Waals surface area contributed by atoms with Gasteiger partial charge in [-0.15, -0.1) is 0 Å². The highest BCUT2D eigenvalue weighted by atomic mass is 79.9. The fourth-order valence-corrected chi connectivity index (χ4v) is 3.24. The van der Waals surface area contributed by atoms with E-state index in [1.54, 1.807) is 0 Å². The summed E-state index contributed by atoms with van der Waals surface area (Å²) >= 11 is 3.51. The number of hydrogen-bond donors (Lipinski definition) is 1. The number of hydrogen-bond acceptors (Lipinski definition) is 1. The first-order valence-corrected chi connectivity index (χ1v) is 8.05. The van der Waals surface area contributed by atoms with Crippen molar-refractivity contribution in [2.75, 3.05) is 6.54 Å². The summed E-state index contributed by atoms with van der Waals surface area (Å²) < 4.78 is 1.09. The fourth-order valence-electron chi connectivity index (χ4n) is 2.75. The van der Waals surface area contributed by atoms with Crippen molar-refractivity contribution in [2.24, 2.45) is 5.92 Å². The van der Waals surface area contributed by atoms with E-state index in [0.29, 0.717) is 6.42 Å². The molecule has 0 radical (unpaired) electrons. The van der Waals surface area contributed by atoms with E-state index in [-0.39, 0.29) is 5.91 Å². The van der Waals surface area contributed by atoms with Crippen LogP contribution in [0, 0.1) is 5.92 Å². The van der Waals surface area contributed by atoms with E-state index >= 15 is 0 Å². The molecule has 1 N–H and O–H groups in total. The zero-order valence-electron chi connectivity index (χ0n) is 11.3. The summed E-state index contributed by atoms with van der Waals surface area (Å²) in [7, 11) is 0. The number of aryl methyl sites for hydroxylation is 1. The monoisotopic (exact) mass is 323 g/mol. The minimum absolute atomic E-state index is 0.175. The Morgan fingerprint density at radius 3 is 2.74 bits per heavy atom. The van der Waals surface area contributed by atoms with Gasteiger partial charge in [-0.1, -0.05) is 59.8 Å². The summed E-state index contributed by atoms with van der Waals surface area (Å²) in [6.45, 7) is 0.847. The van der Waals surface area contributed by atoms with Crippen LogP contribution in [-0.2, 0) is 11.2 Å². The van der Waals surface area contributed by atoms with Crippen LogP contribution in [0.15, 0.2) is 28.7 Å². The van der Waals surface area contributed by atoms with Crippen LogP contribution < -0.4 is 5.32 Å². The van der Waals surface area contributed by atoms with Crippen molar-refractivity contribution in [2.45, 2.75) is 44.9 Å². The van der Waals surface area contributed by atoms with Gasteiger partial charge in [0.2, 0.25) is 5.91 Å². The molecule has 104 valence electrons. The number of benzene rings is 1. The van der Waals surface area contributed by atoms with Crippen LogP contribution in [0.5, 0.6) is 0 Å². The maximum absolute atomic E-state index is 11.8. The first-order valence-electron chi connectivity index (χ1n) is 7.26. The molecular weight excluding hydrogens is 302 g/mol. The summed E-state index contributed by atoms with van der Waals surface area (Å²) in [6.07, 6.45) is 7.99. The molecule has 1 saturated carbocycles. The van der Waals surface area contributed by atoms with Crippen LogP contribution in [0.4, 0.5) is 0 Å². The third kappa shape index (κ3) is 4.98. The molecule has 0 heterocycles. The Balaban J connectivity index is 1.63. The van der Waals surface area contributed by atoms with Gasteiger partial charge in [-0.25, -0.2) is 0 Å². The molecule has 1 aromatic rings. The topological polar surface area (TPSA) is 29.1 Å². The molecule has 0 aliphatic heterocycles. The van der Waals surface area contributed by atoms with Crippen molar-refractivity contribution in [1.29, 1.82) is 0 Å². The first-order chi connectivity index (χ1) is 9.25. The van der Waals surface area contributed by atoms with E-state index in [2.05, 4.69) is 27.3 Å². The van der Waals surface area contributed by atoms with Crippen molar-refractivity contribution in [3.05, 3.63) is 34.3 Å². The zero-order valence-corrected chi connectivity index (χ0v) is 12.9. The standard InChI is InChI=1S/C16H22BrNO/c17-15-8-4-3-7-14(15)9-10-16(19)18-12-11-13-5-1-2-6-13/h3-4,7-8,13H,1-2,5-6,9-12H2,(H,18,19). The molecule has 19 heavy (non-hydrogen) atoms. The van der Waals surface area contributed by atoms with E-state index in [1.807, 2.05) is 18.2 Å². The van der Waals surface area contributed by atoms with Gasteiger partial charge in [0, 0.05) is 17.4 Å². The largest absolute Gasteiger partial charge is 0.356 e. The van der Waals surface area contributed by atoms with E-state index in [4.69, 9.17) is 0 Å². The summed E-state index contributed by atoms with van der Waals surface area (Å²) in [6, 6.07) is 8.09. The molecule has 0 aromatic heterocycles. The Kier molecular flexibility index (Phi) is 5.90. The predicted octanol–water partition coefficient (Wildman–Crippen LogP) is 4.08. The number of amides is 1. The Morgan fingerprint density at radius 2 is 2.00 bits per heavy atom. The van der Waals surface area contributed by atoms with Crippen molar-refractivity contribution in [3.63, 3.8) is 0 Å². The highest BCUT2D eigenvalue weighted by Gasteiger charge is 2.14. The van der Waals surface area contributed by atoms with Gasteiger partial charge < -0.3 is 5.32 Å². The number of carbonyl (C=O) groups is 1. The molecule has 0 spiro atoms. The van der Waals surface area contributed by atoms with Crippen molar-refractivity contribution >= 4 is 21.8 Å². The second kappa shape index (κ2) is 7.68. The average molecular weight is 324 g/mol. The lowest BCUT2D eigenvalue weighted by molar-refractivity contribution is -0.121. The average Bonchev–Trinajstić information content (AvgIpc) is 2.91. The number of halogens is 1. The molecule has 2 rings (SSSR count). The van der Waals surface area contributed by atoms with E-state index < -0.39 is 0 Å². The summed E-state index contributed by atoms with van der Waals surface area (Å²) in [4.78, 5) is 11.8. The van der Waals surface area contributed by atoms with Crippen LogP contribution >= 0.6 is 15.9 Å². The number of rotatable bonds is 6. The minimum atomic E-state index is 0.175. The Labute approximate surface area is 124 Å². The van der Waals surface area contributed by atoms with Gasteiger partial charge in [0.15, 0.2) is 0 Å². The molecule has 1 aromatic carbocycles. The normalized spacial score (nSPS) is 15.6. The van der Waals surface area contributed by atoms with Crippen molar-refractivity contribution in [3.8, 4) is 0 Å². The highest BCUT2D eigenvalue weighted by molar-refractivity contribution is 9.10. The third-order valence-electron chi connectivity index (χ3n) is 3.93. The SMILES string of the molecule is O=C(CCc1ccccc1Br)NCCC1CCCC1. The highest BCUT2D eigenvalue weighted by Crippen LogP contribution is 2.26. The quantitative estimate of drug-likeness (QED) is 0.839. The second-order valence-corrected chi connectivity index (χ2v) is 6.23. The zero-order chi connectivity index (χ0) is 13.5. The molecule has 1 fully saturated rings. The van der Waals surface area contributed by atoms with Gasteiger partial charge in [0.1, 0.15) is 0 Å². The number of carbonyl (C=O) groups excluding carboxylic acids is 1. The van der Waals surface area contributed by atoms with E-state index in [1.165, 1.54) is 31.2 Å². The lowest BCUT2D eigenvalue weighted by Gasteiger charge is -2.10. The van der Waals surface area contributed by atoms with Crippen LogP contribution in [-0.4, -0.2) is 12.5 Å². The molecule has 1 amide bonds. The lowest BCUT2D eigenvalue weighted by atomic mass is 10.0. The predicted molar refractivity (Wildman–Crippen MR) is 82.0 cm³/mol. The molecular formula is C16H22BrNO. The maximum Gasteiger partial charge on any atom is 0.220 e. The molecule has 0 atom stereocenters. The molecule has 1 aliphatic rings. The van der Waals surface area contributed by atoms with E-state index in [0.717, 1.165) is 29.8 Å². The van der Waals surface area contributed by atoms with Gasteiger partial charge >= 0.3 is 0 Å². The summed E-state index contributed by atoms with van der Waals surface area (Å²) in [5, 5.41) is 3.05. The van der Waals surface area contributed by atoms with Crippen molar-refractivity contribution < 1.29 is 4.79 Å². The second-order valence-electron chi connectivity index (χ2n) is 5.38.